The summed E-state index contributed by atoms with van der Waals surface area (Å²) in [6.45, 7) is 0. The van der Waals surface area contributed by atoms with Gasteiger partial charge in [0, 0.05) is 11.8 Å². The Kier molecular flexibility index (Phi) is 4.82. The van der Waals surface area contributed by atoms with E-state index in [9.17, 15) is 17.6 Å². The van der Waals surface area contributed by atoms with Gasteiger partial charge in [0.05, 0.1) is 5.56 Å². The van der Waals surface area contributed by atoms with Crippen LogP contribution in [0.3, 0.4) is 0 Å². The molecule has 0 spiro atoms. The molecule has 96 valence electrons. The van der Waals surface area contributed by atoms with Crippen molar-refractivity contribution in [3.8, 4) is 0 Å². The molecular formula is C11H13F4NS. The number of rotatable bonds is 4. The molecule has 1 atom stereocenters. The van der Waals surface area contributed by atoms with Crippen molar-refractivity contribution in [3.63, 3.8) is 0 Å². The van der Waals surface area contributed by atoms with Gasteiger partial charge in [0.2, 0.25) is 0 Å². The van der Waals surface area contributed by atoms with E-state index in [1.54, 1.807) is 7.05 Å². The normalized spacial score (nSPS) is 13.8. The molecule has 0 fully saturated rings. The van der Waals surface area contributed by atoms with Crippen molar-refractivity contribution in [2.75, 3.05) is 19.1 Å². The van der Waals surface area contributed by atoms with E-state index in [0.29, 0.717) is 11.3 Å². The summed E-state index contributed by atoms with van der Waals surface area (Å²) in [5.74, 6) is -0.558. The monoisotopic (exact) mass is 267 g/mol. The minimum atomic E-state index is -4.64. The van der Waals surface area contributed by atoms with Crippen molar-refractivity contribution >= 4 is 11.8 Å². The van der Waals surface area contributed by atoms with Gasteiger partial charge in [-0.15, -0.1) is 0 Å². The Morgan fingerprint density at radius 3 is 2.41 bits per heavy atom. The smallest absolute Gasteiger partial charge is 0.312 e. The molecule has 1 unspecified atom stereocenters. The molecule has 17 heavy (non-hydrogen) atoms. The van der Waals surface area contributed by atoms with Gasteiger partial charge in [0.15, 0.2) is 0 Å². The van der Waals surface area contributed by atoms with E-state index in [2.05, 4.69) is 5.32 Å². The lowest BCUT2D eigenvalue weighted by molar-refractivity contribution is -0.140. The Morgan fingerprint density at radius 1 is 1.35 bits per heavy atom. The maximum atomic E-state index is 13.3. The lowest BCUT2D eigenvalue weighted by atomic mass is 10.1. The molecule has 0 aromatic heterocycles. The van der Waals surface area contributed by atoms with E-state index < -0.39 is 17.6 Å². The second kappa shape index (κ2) is 5.73. The van der Waals surface area contributed by atoms with Gasteiger partial charge in [-0.3, -0.25) is 0 Å². The molecule has 0 saturated carbocycles. The number of hydrogen-bond donors (Lipinski definition) is 1. The summed E-state index contributed by atoms with van der Waals surface area (Å²) in [6.07, 6.45) is -2.76. The lowest BCUT2D eigenvalue weighted by Gasteiger charge is -2.17. The van der Waals surface area contributed by atoms with Crippen LogP contribution in [0.25, 0.3) is 0 Å². The molecule has 1 N–H and O–H groups in total. The summed E-state index contributed by atoms with van der Waals surface area (Å²) in [4.78, 5) is 0. The molecule has 0 aliphatic rings. The fourth-order valence-electron chi connectivity index (χ4n) is 1.49. The van der Waals surface area contributed by atoms with Gasteiger partial charge >= 0.3 is 6.18 Å². The highest BCUT2D eigenvalue weighted by Gasteiger charge is 2.34. The molecule has 0 radical (unpaired) electrons. The summed E-state index contributed by atoms with van der Waals surface area (Å²) >= 11 is 1.54. The molecule has 0 heterocycles. The molecule has 0 saturated heterocycles. The summed E-state index contributed by atoms with van der Waals surface area (Å²) in [6, 6.07) is 2.89. The lowest BCUT2D eigenvalue weighted by Crippen LogP contribution is -2.19. The Bertz CT molecular complexity index is 378. The summed E-state index contributed by atoms with van der Waals surface area (Å²) in [7, 11) is 1.69. The molecule has 0 aliphatic carbocycles. The molecule has 0 amide bonds. The van der Waals surface area contributed by atoms with E-state index in [-0.39, 0.29) is 6.04 Å². The van der Waals surface area contributed by atoms with Crippen LogP contribution in [0.5, 0.6) is 0 Å². The third kappa shape index (κ3) is 3.61. The summed E-state index contributed by atoms with van der Waals surface area (Å²) < 4.78 is 50.4. The molecule has 0 bridgehead atoms. The van der Waals surface area contributed by atoms with Gasteiger partial charge in [0.1, 0.15) is 5.82 Å². The zero-order valence-electron chi connectivity index (χ0n) is 9.44. The van der Waals surface area contributed by atoms with Crippen LogP contribution < -0.4 is 5.32 Å². The standard InChI is InChI=1S/C11H13F4NS/c1-16-10(6-17-2)7-3-4-8(9(12)5-7)11(13,14)15/h3-5,10,16H,6H2,1-2H3. The van der Waals surface area contributed by atoms with Gasteiger partial charge < -0.3 is 5.32 Å². The van der Waals surface area contributed by atoms with Crippen molar-refractivity contribution in [1.82, 2.24) is 5.32 Å². The van der Waals surface area contributed by atoms with Crippen molar-refractivity contribution in [2.45, 2.75) is 12.2 Å². The fourth-order valence-corrected chi connectivity index (χ4v) is 2.18. The third-order valence-electron chi connectivity index (χ3n) is 2.38. The van der Waals surface area contributed by atoms with Crippen LogP contribution in [-0.4, -0.2) is 19.1 Å². The fraction of sp³-hybridized carbons (Fsp3) is 0.455. The van der Waals surface area contributed by atoms with Crippen LogP contribution in [0.1, 0.15) is 17.2 Å². The molecule has 1 rings (SSSR count). The van der Waals surface area contributed by atoms with Gasteiger partial charge in [-0.2, -0.15) is 24.9 Å². The summed E-state index contributed by atoms with van der Waals surface area (Å²) in [5.41, 5.74) is -0.701. The maximum absolute atomic E-state index is 13.3. The Hall–Kier alpha value is -0.750. The van der Waals surface area contributed by atoms with Crippen molar-refractivity contribution < 1.29 is 17.6 Å². The van der Waals surface area contributed by atoms with Crippen LogP contribution >= 0.6 is 11.8 Å². The van der Waals surface area contributed by atoms with Gasteiger partial charge in [-0.1, -0.05) is 6.07 Å². The van der Waals surface area contributed by atoms with Crippen molar-refractivity contribution in [1.29, 1.82) is 0 Å². The highest BCUT2D eigenvalue weighted by atomic mass is 32.2. The number of halogens is 4. The predicted octanol–water partition coefficient (Wildman–Crippen LogP) is 3.47. The molecule has 1 nitrogen and oxygen atoms in total. The topological polar surface area (TPSA) is 12.0 Å². The first-order chi connectivity index (χ1) is 7.90. The number of alkyl halides is 3. The Labute approximate surface area is 102 Å². The predicted molar refractivity (Wildman–Crippen MR) is 61.6 cm³/mol. The minimum Gasteiger partial charge on any atom is -0.312 e. The maximum Gasteiger partial charge on any atom is 0.419 e. The Balaban J connectivity index is 3.03. The highest BCUT2D eigenvalue weighted by Crippen LogP contribution is 2.32. The van der Waals surface area contributed by atoms with Crippen LogP contribution in [0, 0.1) is 5.82 Å². The van der Waals surface area contributed by atoms with Gasteiger partial charge in [-0.25, -0.2) is 4.39 Å². The van der Waals surface area contributed by atoms with E-state index in [1.807, 2.05) is 6.26 Å². The number of hydrogen-bond acceptors (Lipinski definition) is 2. The average molecular weight is 267 g/mol. The first kappa shape index (κ1) is 14.3. The molecule has 1 aromatic carbocycles. The molecule has 6 heteroatoms. The van der Waals surface area contributed by atoms with Crippen LogP contribution in [-0.2, 0) is 6.18 Å². The van der Waals surface area contributed by atoms with E-state index >= 15 is 0 Å². The molecule has 1 aromatic rings. The zero-order chi connectivity index (χ0) is 13.1. The first-order valence-electron chi connectivity index (χ1n) is 4.93. The Morgan fingerprint density at radius 2 is 2.00 bits per heavy atom. The molecular weight excluding hydrogens is 254 g/mol. The van der Waals surface area contributed by atoms with Crippen molar-refractivity contribution in [3.05, 3.63) is 35.1 Å². The van der Waals surface area contributed by atoms with Gasteiger partial charge in [0.25, 0.3) is 0 Å². The zero-order valence-corrected chi connectivity index (χ0v) is 10.3. The van der Waals surface area contributed by atoms with E-state index in [1.165, 1.54) is 17.8 Å². The van der Waals surface area contributed by atoms with Crippen molar-refractivity contribution in [2.24, 2.45) is 0 Å². The van der Waals surface area contributed by atoms with E-state index in [4.69, 9.17) is 0 Å². The highest BCUT2D eigenvalue weighted by molar-refractivity contribution is 7.98. The van der Waals surface area contributed by atoms with E-state index in [0.717, 1.165) is 12.1 Å². The number of benzene rings is 1. The molecule has 0 aliphatic heterocycles. The van der Waals surface area contributed by atoms with Crippen LogP contribution in [0.4, 0.5) is 17.6 Å². The largest absolute Gasteiger partial charge is 0.419 e. The van der Waals surface area contributed by atoms with Crippen LogP contribution in [0.15, 0.2) is 18.2 Å². The number of nitrogens with one attached hydrogen (secondary N) is 1. The minimum absolute atomic E-state index is 0.151. The summed E-state index contributed by atoms with van der Waals surface area (Å²) in [5, 5.41) is 2.94. The average Bonchev–Trinajstić information content (AvgIpc) is 2.23. The number of thioether (sulfide) groups is 1. The quantitative estimate of drug-likeness (QED) is 0.838. The SMILES string of the molecule is CNC(CSC)c1ccc(C(F)(F)F)c(F)c1. The second-order valence-electron chi connectivity index (χ2n) is 3.53. The van der Waals surface area contributed by atoms with Crippen LogP contribution in [0.2, 0.25) is 0 Å². The second-order valence-corrected chi connectivity index (χ2v) is 4.44. The third-order valence-corrected chi connectivity index (χ3v) is 3.05. The first-order valence-corrected chi connectivity index (χ1v) is 6.32. The van der Waals surface area contributed by atoms with Gasteiger partial charge in [-0.05, 0) is 31.0 Å².